The molecule has 4 nitrogen and oxygen atoms in total. The number of nitrogens with zero attached hydrogens (tertiary/aromatic N) is 1. The fourth-order valence-corrected chi connectivity index (χ4v) is 2.34. The second kappa shape index (κ2) is 11.8. The maximum absolute atomic E-state index is 11.7. The van der Waals surface area contributed by atoms with Gasteiger partial charge in [-0.05, 0) is 32.4 Å². The van der Waals surface area contributed by atoms with Crippen molar-refractivity contribution in [2.75, 3.05) is 26.7 Å². The van der Waals surface area contributed by atoms with Crippen LogP contribution in [0.1, 0.15) is 39.0 Å². The Morgan fingerprint density at radius 2 is 1.95 bits per heavy atom. The van der Waals surface area contributed by atoms with E-state index in [9.17, 15) is 4.79 Å². The molecule has 1 amide bonds. The SMILES string of the molecule is CCN(C)CCNC(=O)CC1CCCCC1N.Cl.Cl. The summed E-state index contributed by atoms with van der Waals surface area (Å²) in [7, 11) is 2.06. The largest absolute Gasteiger partial charge is 0.355 e. The molecule has 1 rings (SSSR count). The lowest BCUT2D eigenvalue weighted by Crippen LogP contribution is -2.38. The number of rotatable bonds is 6. The third kappa shape index (κ3) is 8.69. The van der Waals surface area contributed by atoms with Crippen molar-refractivity contribution in [2.24, 2.45) is 11.7 Å². The van der Waals surface area contributed by atoms with Crippen molar-refractivity contribution in [1.29, 1.82) is 0 Å². The zero-order valence-electron chi connectivity index (χ0n) is 12.1. The number of carbonyl (C=O) groups excluding carboxylic acids is 1. The molecule has 0 spiro atoms. The van der Waals surface area contributed by atoms with E-state index in [1.807, 2.05) is 0 Å². The van der Waals surface area contributed by atoms with E-state index in [0.29, 0.717) is 12.3 Å². The Labute approximate surface area is 129 Å². The molecule has 0 aromatic rings. The first-order valence-electron chi connectivity index (χ1n) is 6.84. The molecule has 6 heteroatoms. The number of amides is 1. The van der Waals surface area contributed by atoms with Crippen molar-refractivity contribution < 1.29 is 4.79 Å². The van der Waals surface area contributed by atoms with E-state index < -0.39 is 0 Å². The predicted octanol–water partition coefficient (Wildman–Crippen LogP) is 1.81. The maximum Gasteiger partial charge on any atom is 0.220 e. The van der Waals surface area contributed by atoms with Crippen molar-refractivity contribution in [3.8, 4) is 0 Å². The van der Waals surface area contributed by atoms with Crippen LogP contribution in [0.5, 0.6) is 0 Å². The summed E-state index contributed by atoms with van der Waals surface area (Å²) in [4.78, 5) is 13.9. The van der Waals surface area contributed by atoms with E-state index in [1.54, 1.807) is 0 Å². The first-order valence-corrected chi connectivity index (χ1v) is 6.84. The lowest BCUT2D eigenvalue weighted by atomic mass is 9.83. The van der Waals surface area contributed by atoms with E-state index in [2.05, 4.69) is 24.2 Å². The van der Waals surface area contributed by atoms with E-state index >= 15 is 0 Å². The van der Waals surface area contributed by atoms with E-state index in [1.165, 1.54) is 12.8 Å². The number of hydrogen-bond donors (Lipinski definition) is 2. The van der Waals surface area contributed by atoms with Crippen molar-refractivity contribution in [1.82, 2.24) is 10.2 Å². The van der Waals surface area contributed by atoms with Gasteiger partial charge in [0.25, 0.3) is 0 Å². The molecule has 2 atom stereocenters. The minimum atomic E-state index is 0. The second-order valence-electron chi connectivity index (χ2n) is 5.16. The zero-order chi connectivity index (χ0) is 12.7. The van der Waals surface area contributed by atoms with Gasteiger partial charge in [0.2, 0.25) is 5.91 Å². The fraction of sp³-hybridized carbons (Fsp3) is 0.923. The number of likely N-dealkylation sites (N-methyl/N-ethyl adjacent to an activating group) is 1. The molecular formula is C13H29Cl2N3O. The zero-order valence-corrected chi connectivity index (χ0v) is 13.7. The number of nitrogens with two attached hydrogens (primary N) is 1. The molecule has 116 valence electrons. The Morgan fingerprint density at radius 1 is 1.32 bits per heavy atom. The molecule has 1 aliphatic rings. The molecular weight excluding hydrogens is 285 g/mol. The summed E-state index contributed by atoms with van der Waals surface area (Å²) < 4.78 is 0. The average Bonchev–Trinajstić information content (AvgIpc) is 2.32. The summed E-state index contributed by atoms with van der Waals surface area (Å²) in [5, 5.41) is 2.98. The van der Waals surface area contributed by atoms with Crippen LogP contribution in [0.25, 0.3) is 0 Å². The summed E-state index contributed by atoms with van der Waals surface area (Å²) in [6.07, 6.45) is 5.25. The molecule has 19 heavy (non-hydrogen) atoms. The third-order valence-electron chi connectivity index (χ3n) is 3.77. The van der Waals surface area contributed by atoms with Gasteiger partial charge in [-0.3, -0.25) is 4.79 Å². The van der Waals surface area contributed by atoms with Gasteiger partial charge in [0.15, 0.2) is 0 Å². The number of hydrogen-bond acceptors (Lipinski definition) is 3. The Morgan fingerprint density at radius 3 is 2.53 bits per heavy atom. The molecule has 0 heterocycles. The topological polar surface area (TPSA) is 58.4 Å². The Balaban J connectivity index is 0. The molecule has 3 N–H and O–H groups in total. The van der Waals surface area contributed by atoms with Crippen molar-refractivity contribution in [2.45, 2.75) is 45.1 Å². The lowest BCUT2D eigenvalue weighted by molar-refractivity contribution is -0.122. The van der Waals surface area contributed by atoms with Gasteiger partial charge in [-0.2, -0.15) is 0 Å². The molecule has 1 saturated carbocycles. The quantitative estimate of drug-likeness (QED) is 0.786. The van der Waals surface area contributed by atoms with Crippen LogP contribution in [0, 0.1) is 5.92 Å². The van der Waals surface area contributed by atoms with Gasteiger partial charge in [-0.15, -0.1) is 24.8 Å². The first kappa shape index (κ1) is 21.3. The Hall–Kier alpha value is -0.0300. The van der Waals surface area contributed by atoms with Crippen molar-refractivity contribution in [3.05, 3.63) is 0 Å². The fourth-order valence-electron chi connectivity index (χ4n) is 2.34. The highest BCUT2D eigenvalue weighted by atomic mass is 35.5. The molecule has 2 unspecified atom stereocenters. The highest BCUT2D eigenvalue weighted by Gasteiger charge is 2.23. The number of halogens is 2. The Bertz CT molecular complexity index is 242. The van der Waals surface area contributed by atoms with Gasteiger partial charge >= 0.3 is 0 Å². The minimum Gasteiger partial charge on any atom is -0.355 e. The van der Waals surface area contributed by atoms with Crippen LogP contribution in [0.2, 0.25) is 0 Å². The third-order valence-corrected chi connectivity index (χ3v) is 3.77. The van der Waals surface area contributed by atoms with Gasteiger partial charge in [0.1, 0.15) is 0 Å². The highest BCUT2D eigenvalue weighted by molar-refractivity contribution is 5.85. The number of carbonyl (C=O) groups is 1. The van der Waals surface area contributed by atoms with E-state index in [0.717, 1.165) is 32.5 Å². The van der Waals surface area contributed by atoms with E-state index in [4.69, 9.17) is 5.73 Å². The molecule has 0 aromatic carbocycles. The molecule has 0 saturated heterocycles. The van der Waals surface area contributed by atoms with Crippen LogP contribution in [0.15, 0.2) is 0 Å². The van der Waals surface area contributed by atoms with Crippen LogP contribution in [-0.2, 0) is 4.79 Å². The number of nitrogens with one attached hydrogen (secondary N) is 1. The standard InChI is InChI=1S/C13H27N3O.2ClH/c1-3-16(2)9-8-15-13(17)10-11-6-4-5-7-12(11)14;;/h11-12H,3-10,14H2,1-2H3,(H,15,17);2*1H. The molecule has 0 aliphatic heterocycles. The monoisotopic (exact) mass is 313 g/mol. The summed E-state index contributed by atoms with van der Waals surface area (Å²) in [6.45, 7) is 4.79. The van der Waals surface area contributed by atoms with Crippen LogP contribution < -0.4 is 11.1 Å². The normalized spacial score (nSPS) is 22.3. The van der Waals surface area contributed by atoms with Gasteiger partial charge in [0, 0.05) is 25.6 Å². The average molecular weight is 314 g/mol. The molecule has 0 aromatic heterocycles. The smallest absolute Gasteiger partial charge is 0.220 e. The summed E-state index contributed by atoms with van der Waals surface area (Å²) in [5.41, 5.74) is 6.04. The first-order chi connectivity index (χ1) is 8.13. The predicted molar refractivity (Wildman–Crippen MR) is 85.2 cm³/mol. The highest BCUT2D eigenvalue weighted by Crippen LogP contribution is 2.25. The van der Waals surface area contributed by atoms with E-state index in [-0.39, 0.29) is 36.8 Å². The van der Waals surface area contributed by atoms with Crippen LogP contribution in [0.3, 0.4) is 0 Å². The van der Waals surface area contributed by atoms with Crippen molar-refractivity contribution in [3.63, 3.8) is 0 Å². The molecule has 0 bridgehead atoms. The van der Waals surface area contributed by atoms with Gasteiger partial charge in [-0.25, -0.2) is 0 Å². The molecule has 1 aliphatic carbocycles. The summed E-state index contributed by atoms with van der Waals surface area (Å²) in [5.74, 6) is 0.560. The molecule has 0 radical (unpaired) electrons. The van der Waals surface area contributed by atoms with Crippen molar-refractivity contribution >= 4 is 30.7 Å². The Kier molecular flexibility index (Phi) is 13.2. The summed E-state index contributed by atoms with van der Waals surface area (Å²) in [6, 6.07) is 0.229. The van der Waals surface area contributed by atoms with Gasteiger partial charge < -0.3 is 16.0 Å². The maximum atomic E-state index is 11.7. The van der Waals surface area contributed by atoms with Gasteiger partial charge in [-0.1, -0.05) is 19.8 Å². The minimum absolute atomic E-state index is 0. The summed E-state index contributed by atoms with van der Waals surface area (Å²) >= 11 is 0. The lowest BCUT2D eigenvalue weighted by Gasteiger charge is -2.28. The van der Waals surface area contributed by atoms with Gasteiger partial charge in [0.05, 0.1) is 0 Å². The van der Waals surface area contributed by atoms with Crippen LogP contribution in [-0.4, -0.2) is 43.5 Å². The molecule has 1 fully saturated rings. The second-order valence-corrected chi connectivity index (χ2v) is 5.16. The van der Waals surface area contributed by atoms with Crippen LogP contribution in [0.4, 0.5) is 0 Å². The van der Waals surface area contributed by atoms with Crippen LogP contribution >= 0.6 is 24.8 Å².